The number of hydrogen-bond acceptors (Lipinski definition) is 6. The molecule has 0 aliphatic heterocycles. The van der Waals surface area contributed by atoms with E-state index in [0.717, 1.165) is 63.7 Å². The lowest BCUT2D eigenvalue weighted by molar-refractivity contribution is -0.167. The van der Waals surface area contributed by atoms with Gasteiger partial charge < -0.3 is 14.2 Å². The van der Waals surface area contributed by atoms with Gasteiger partial charge in [0.25, 0.3) is 0 Å². The number of unbranched alkanes of at least 4 members (excludes halogenated alkanes) is 40. The molecule has 6 heteroatoms. The summed E-state index contributed by atoms with van der Waals surface area (Å²) in [5.74, 6) is 0.0157. The summed E-state index contributed by atoms with van der Waals surface area (Å²) in [4.78, 5) is 38.1. The molecule has 0 unspecified atom stereocenters. The van der Waals surface area contributed by atoms with Crippen molar-refractivity contribution < 1.29 is 28.6 Å². The fourth-order valence-corrected chi connectivity index (χ4v) is 8.92. The van der Waals surface area contributed by atoms with Gasteiger partial charge in [0, 0.05) is 19.3 Å². The molecule has 0 N–H and O–H groups in total. The van der Waals surface area contributed by atoms with E-state index in [2.05, 4.69) is 27.7 Å². The Morgan fingerprint density at radius 2 is 0.516 bits per heavy atom. The van der Waals surface area contributed by atoms with Crippen LogP contribution in [0.1, 0.15) is 329 Å². The molecule has 0 aliphatic carbocycles. The van der Waals surface area contributed by atoms with Crippen LogP contribution >= 0.6 is 0 Å². The molecule has 0 aromatic rings. The Morgan fingerprint density at radius 1 is 0.297 bits per heavy atom. The van der Waals surface area contributed by atoms with Crippen molar-refractivity contribution in [2.75, 3.05) is 13.2 Å². The summed E-state index contributed by atoms with van der Waals surface area (Å²) in [6, 6.07) is 0. The third kappa shape index (κ3) is 51.4. The van der Waals surface area contributed by atoms with Crippen LogP contribution in [0.2, 0.25) is 0 Å². The second-order valence-corrected chi connectivity index (χ2v) is 20.4. The fourth-order valence-electron chi connectivity index (χ4n) is 8.92. The highest BCUT2D eigenvalue weighted by atomic mass is 16.6. The minimum absolute atomic E-state index is 0.0619. The van der Waals surface area contributed by atoms with E-state index < -0.39 is 6.10 Å². The SMILES string of the molecule is CCCCCCCCCCCCCCCCCCCC(=O)O[C@H](COC(=O)CCCCCCCCCCCC)COC(=O)CCCCCCCCCCCCCCCCCCC(C)C. The molecule has 0 fully saturated rings. The smallest absolute Gasteiger partial charge is 0.306 e. The summed E-state index contributed by atoms with van der Waals surface area (Å²) < 4.78 is 16.9. The van der Waals surface area contributed by atoms with Crippen molar-refractivity contribution in [1.82, 2.24) is 0 Å². The van der Waals surface area contributed by atoms with Gasteiger partial charge in [0.05, 0.1) is 0 Å². The zero-order chi connectivity index (χ0) is 46.7. The highest BCUT2D eigenvalue weighted by Crippen LogP contribution is 2.18. The molecule has 0 heterocycles. The first-order valence-electron chi connectivity index (χ1n) is 28.9. The maximum Gasteiger partial charge on any atom is 0.306 e. The van der Waals surface area contributed by atoms with Gasteiger partial charge in [0.2, 0.25) is 0 Å². The number of carbonyl (C=O) groups is 3. The van der Waals surface area contributed by atoms with E-state index in [0.29, 0.717) is 19.3 Å². The number of esters is 3. The average Bonchev–Trinajstić information content (AvgIpc) is 3.28. The van der Waals surface area contributed by atoms with Crippen LogP contribution in [-0.2, 0) is 28.6 Å². The zero-order valence-electron chi connectivity index (χ0n) is 43.8. The van der Waals surface area contributed by atoms with Gasteiger partial charge in [-0.3, -0.25) is 14.4 Å². The standard InChI is InChI=1S/C58H112O6/c1-5-7-9-11-13-15-17-18-19-20-25-28-31-35-39-43-47-51-58(61)64-55(52-62-56(59)49-45-41-37-33-16-14-12-10-8-6-2)53-63-57(60)50-46-42-38-34-30-27-24-22-21-23-26-29-32-36-40-44-48-54(3)4/h54-55H,5-53H2,1-4H3/t55-/m1/s1. The van der Waals surface area contributed by atoms with E-state index in [1.807, 2.05) is 0 Å². The maximum atomic E-state index is 12.8. The van der Waals surface area contributed by atoms with Crippen LogP contribution in [0.5, 0.6) is 0 Å². The monoisotopic (exact) mass is 905 g/mol. The molecule has 0 aromatic heterocycles. The Balaban J connectivity index is 4.23. The van der Waals surface area contributed by atoms with Gasteiger partial charge in [-0.15, -0.1) is 0 Å². The highest BCUT2D eigenvalue weighted by Gasteiger charge is 2.19. The summed E-state index contributed by atoms with van der Waals surface area (Å²) in [5.41, 5.74) is 0. The second kappa shape index (κ2) is 52.4. The van der Waals surface area contributed by atoms with Gasteiger partial charge in [0.15, 0.2) is 6.10 Å². The molecule has 0 amide bonds. The first kappa shape index (κ1) is 62.4. The van der Waals surface area contributed by atoms with Crippen LogP contribution < -0.4 is 0 Å². The predicted octanol–water partition coefficient (Wildman–Crippen LogP) is 19.0. The number of rotatable bonds is 53. The molecule has 380 valence electrons. The van der Waals surface area contributed by atoms with Gasteiger partial charge in [-0.1, -0.05) is 291 Å². The number of ether oxygens (including phenoxy) is 3. The molecule has 6 nitrogen and oxygen atoms in total. The Hall–Kier alpha value is -1.59. The first-order chi connectivity index (χ1) is 31.4. The van der Waals surface area contributed by atoms with Gasteiger partial charge in [-0.2, -0.15) is 0 Å². The van der Waals surface area contributed by atoms with Crippen LogP contribution in [0.25, 0.3) is 0 Å². The molecule has 0 bridgehead atoms. The van der Waals surface area contributed by atoms with Crippen LogP contribution in [0.4, 0.5) is 0 Å². The molecule has 0 aromatic carbocycles. The zero-order valence-corrected chi connectivity index (χ0v) is 43.8. The lowest BCUT2D eigenvalue weighted by Crippen LogP contribution is -2.30. The molecular formula is C58H112O6. The second-order valence-electron chi connectivity index (χ2n) is 20.4. The Morgan fingerprint density at radius 3 is 0.766 bits per heavy atom. The fraction of sp³-hybridized carbons (Fsp3) is 0.948. The highest BCUT2D eigenvalue weighted by molar-refractivity contribution is 5.71. The summed E-state index contributed by atoms with van der Waals surface area (Å²) in [7, 11) is 0. The number of hydrogen-bond donors (Lipinski definition) is 0. The summed E-state index contributed by atoms with van der Waals surface area (Å²) in [6.45, 7) is 9.06. The molecule has 64 heavy (non-hydrogen) atoms. The van der Waals surface area contributed by atoms with Gasteiger partial charge in [-0.05, 0) is 25.2 Å². The van der Waals surface area contributed by atoms with E-state index in [1.54, 1.807) is 0 Å². The largest absolute Gasteiger partial charge is 0.462 e. The van der Waals surface area contributed by atoms with E-state index in [4.69, 9.17) is 14.2 Å². The summed E-state index contributed by atoms with van der Waals surface area (Å²) in [5, 5.41) is 0. The van der Waals surface area contributed by atoms with Crippen molar-refractivity contribution in [3.05, 3.63) is 0 Å². The summed E-state index contributed by atoms with van der Waals surface area (Å²) >= 11 is 0. The first-order valence-corrected chi connectivity index (χ1v) is 28.9. The van der Waals surface area contributed by atoms with Crippen molar-refractivity contribution in [1.29, 1.82) is 0 Å². The van der Waals surface area contributed by atoms with Crippen LogP contribution in [0.15, 0.2) is 0 Å². The normalized spacial score (nSPS) is 12.0. The number of carbonyl (C=O) groups excluding carboxylic acids is 3. The molecule has 0 spiro atoms. The third-order valence-corrected chi connectivity index (χ3v) is 13.3. The molecule has 1 atom stereocenters. The van der Waals surface area contributed by atoms with Crippen LogP contribution in [-0.4, -0.2) is 37.2 Å². The van der Waals surface area contributed by atoms with Crippen molar-refractivity contribution in [3.8, 4) is 0 Å². The molecule has 0 radical (unpaired) electrons. The lowest BCUT2D eigenvalue weighted by Gasteiger charge is -2.18. The predicted molar refractivity (Wildman–Crippen MR) is 275 cm³/mol. The van der Waals surface area contributed by atoms with Gasteiger partial charge >= 0.3 is 17.9 Å². The van der Waals surface area contributed by atoms with E-state index in [1.165, 1.54) is 225 Å². The van der Waals surface area contributed by atoms with E-state index >= 15 is 0 Å². The van der Waals surface area contributed by atoms with Crippen LogP contribution in [0, 0.1) is 5.92 Å². The quantitative estimate of drug-likeness (QED) is 0.0344. The van der Waals surface area contributed by atoms with E-state index in [-0.39, 0.29) is 31.1 Å². The third-order valence-electron chi connectivity index (χ3n) is 13.3. The molecule has 0 saturated carbocycles. The van der Waals surface area contributed by atoms with Crippen molar-refractivity contribution in [2.24, 2.45) is 5.92 Å². The molecule has 0 saturated heterocycles. The van der Waals surface area contributed by atoms with Crippen molar-refractivity contribution >= 4 is 17.9 Å². The van der Waals surface area contributed by atoms with E-state index in [9.17, 15) is 14.4 Å². The maximum absolute atomic E-state index is 12.8. The lowest BCUT2D eigenvalue weighted by atomic mass is 10.0. The minimum atomic E-state index is -0.761. The Bertz CT molecular complexity index is 964. The molecule has 0 aliphatic rings. The van der Waals surface area contributed by atoms with Gasteiger partial charge in [0.1, 0.15) is 13.2 Å². The molecular weight excluding hydrogens is 793 g/mol. The topological polar surface area (TPSA) is 78.9 Å². The van der Waals surface area contributed by atoms with Crippen molar-refractivity contribution in [3.63, 3.8) is 0 Å². The Kier molecular flexibility index (Phi) is 51.1. The molecule has 0 rings (SSSR count). The Labute approximate surface area is 399 Å². The summed E-state index contributed by atoms with van der Waals surface area (Å²) in [6.07, 6.45) is 56.7. The van der Waals surface area contributed by atoms with Crippen LogP contribution in [0.3, 0.4) is 0 Å². The average molecular weight is 906 g/mol. The van der Waals surface area contributed by atoms with Crippen molar-refractivity contribution in [2.45, 2.75) is 336 Å². The van der Waals surface area contributed by atoms with Gasteiger partial charge in [-0.25, -0.2) is 0 Å². The minimum Gasteiger partial charge on any atom is -0.462 e.